The first-order valence-electron chi connectivity index (χ1n) is 4.42. The summed E-state index contributed by atoms with van der Waals surface area (Å²) in [6, 6.07) is 1.77. The summed E-state index contributed by atoms with van der Waals surface area (Å²) in [7, 11) is 0. The highest BCUT2D eigenvalue weighted by atomic mass is 16.6. The van der Waals surface area contributed by atoms with E-state index in [4.69, 9.17) is 9.15 Å². The van der Waals surface area contributed by atoms with Crippen molar-refractivity contribution in [3.63, 3.8) is 0 Å². The smallest absolute Gasteiger partial charge is 0.414 e. The van der Waals surface area contributed by atoms with Gasteiger partial charge >= 0.3 is 6.09 Å². The van der Waals surface area contributed by atoms with Gasteiger partial charge in [0.05, 0.1) is 6.26 Å². The predicted octanol–water partition coefficient (Wildman–Crippen LogP) is 2.94. The summed E-state index contributed by atoms with van der Waals surface area (Å²) in [4.78, 5) is 11.3. The number of hydrogen-bond donors (Lipinski definition) is 1. The van der Waals surface area contributed by atoms with Crippen LogP contribution in [0, 0.1) is 6.92 Å². The Kier molecular flexibility index (Phi) is 2.84. The minimum atomic E-state index is -0.504. The van der Waals surface area contributed by atoms with Gasteiger partial charge in [-0.1, -0.05) is 0 Å². The molecule has 0 aromatic carbocycles. The van der Waals surface area contributed by atoms with Gasteiger partial charge in [0, 0.05) is 5.56 Å². The maximum Gasteiger partial charge on any atom is 0.414 e. The number of furan rings is 1. The molecule has 78 valence electrons. The van der Waals surface area contributed by atoms with Crippen LogP contribution in [-0.4, -0.2) is 11.7 Å². The predicted molar refractivity (Wildman–Crippen MR) is 53.3 cm³/mol. The molecule has 1 N–H and O–H groups in total. The standard InChI is InChI=1S/C10H15NO3/c1-7-5-6-13-8(7)11-9(12)14-10(2,3)4/h5-6H,1-4H3,(H,11,12). The molecule has 0 aliphatic heterocycles. The molecule has 1 aromatic heterocycles. The summed E-state index contributed by atoms with van der Waals surface area (Å²) >= 11 is 0. The van der Waals surface area contributed by atoms with Gasteiger partial charge in [0.15, 0.2) is 0 Å². The molecule has 4 heteroatoms. The van der Waals surface area contributed by atoms with Gasteiger partial charge in [-0.05, 0) is 33.8 Å². The monoisotopic (exact) mass is 197 g/mol. The van der Waals surface area contributed by atoms with Crippen molar-refractivity contribution in [2.75, 3.05) is 5.32 Å². The molecule has 0 saturated carbocycles. The number of anilines is 1. The summed E-state index contributed by atoms with van der Waals surface area (Å²) in [6.07, 6.45) is 1.01. The zero-order valence-corrected chi connectivity index (χ0v) is 8.88. The van der Waals surface area contributed by atoms with Crippen molar-refractivity contribution in [1.82, 2.24) is 0 Å². The van der Waals surface area contributed by atoms with Crippen LogP contribution >= 0.6 is 0 Å². The van der Waals surface area contributed by atoms with E-state index in [9.17, 15) is 4.79 Å². The van der Waals surface area contributed by atoms with Crippen LogP contribution in [0.15, 0.2) is 16.7 Å². The summed E-state index contributed by atoms with van der Waals surface area (Å²) in [5, 5.41) is 2.52. The van der Waals surface area contributed by atoms with Gasteiger partial charge in [-0.15, -0.1) is 0 Å². The van der Waals surface area contributed by atoms with Gasteiger partial charge in [-0.3, -0.25) is 5.32 Å². The first kappa shape index (κ1) is 10.6. The Morgan fingerprint density at radius 3 is 2.57 bits per heavy atom. The van der Waals surface area contributed by atoms with Crippen LogP contribution in [0.25, 0.3) is 0 Å². The Morgan fingerprint density at radius 2 is 2.14 bits per heavy atom. The molecule has 0 bridgehead atoms. The molecule has 4 nitrogen and oxygen atoms in total. The van der Waals surface area contributed by atoms with Crippen molar-refractivity contribution in [2.45, 2.75) is 33.3 Å². The average Bonchev–Trinajstić information content (AvgIpc) is 2.32. The average molecular weight is 197 g/mol. The Morgan fingerprint density at radius 1 is 1.50 bits per heavy atom. The molecule has 0 fully saturated rings. The molecular weight excluding hydrogens is 182 g/mol. The second kappa shape index (κ2) is 3.74. The van der Waals surface area contributed by atoms with E-state index in [2.05, 4.69) is 5.32 Å². The molecule has 1 rings (SSSR count). The van der Waals surface area contributed by atoms with Crippen molar-refractivity contribution in [3.8, 4) is 0 Å². The zero-order chi connectivity index (χ0) is 10.8. The number of ether oxygens (including phenoxy) is 1. The lowest BCUT2D eigenvalue weighted by molar-refractivity contribution is 0.0632. The fourth-order valence-electron chi connectivity index (χ4n) is 0.897. The largest absolute Gasteiger partial charge is 0.448 e. The summed E-state index contributed by atoms with van der Waals surface area (Å²) in [5.74, 6) is 0.430. The number of carbonyl (C=O) groups is 1. The Hall–Kier alpha value is -1.45. The highest BCUT2D eigenvalue weighted by Gasteiger charge is 2.17. The van der Waals surface area contributed by atoms with Crippen LogP contribution in [0.1, 0.15) is 26.3 Å². The quantitative estimate of drug-likeness (QED) is 0.753. The van der Waals surface area contributed by atoms with Gasteiger partial charge in [-0.2, -0.15) is 0 Å². The van der Waals surface area contributed by atoms with Gasteiger partial charge in [0.2, 0.25) is 5.88 Å². The van der Waals surface area contributed by atoms with E-state index in [0.717, 1.165) is 5.56 Å². The summed E-state index contributed by atoms with van der Waals surface area (Å²) in [6.45, 7) is 7.26. The topological polar surface area (TPSA) is 51.5 Å². The van der Waals surface area contributed by atoms with Crippen LogP contribution in [0.2, 0.25) is 0 Å². The third-order valence-corrected chi connectivity index (χ3v) is 1.48. The molecule has 0 atom stereocenters. The SMILES string of the molecule is Cc1ccoc1NC(=O)OC(C)(C)C. The van der Waals surface area contributed by atoms with Crippen LogP contribution in [0.5, 0.6) is 0 Å². The maximum absolute atomic E-state index is 11.3. The molecule has 0 aliphatic rings. The normalized spacial score (nSPS) is 11.1. The van der Waals surface area contributed by atoms with Crippen molar-refractivity contribution in [3.05, 3.63) is 17.9 Å². The van der Waals surface area contributed by atoms with Crippen molar-refractivity contribution in [2.24, 2.45) is 0 Å². The summed E-state index contributed by atoms with van der Waals surface area (Å²) < 4.78 is 10.1. The number of carbonyl (C=O) groups excluding carboxylic acids is 1. The lowest BCUT2D eigenvalue weighted by Crippen LogP contribution is -2.27. The third kappa shape index (κ3) is 3.12. The molecule has 0 unspecified atom stereocenters. The van der Waals surface area contributed by atoms with E-state index >= 15 is 0 Å². The number of aryl methyl sites for hydroxylation is 1. The second-order valence-corrected chi connectivity index (χ2v) is 4.06. The molecule has 1 amide bonds. The second-order valence-electron chi connectivity index (χ2n) is 4.06. The molecule has 0 radical (unpaired) electrons. The maximum atomic E-state index is 11.3. The van der Waals surface area contributed by atoms with E-state index in [1.165, 1.54) is 6.26 Å². The van der Waals surface area contributed by atoms with Crippen LogP contribution in [-0.2, 0) is 4.74 Å². The summed E-state index contributed by atoms with van der Waals surface area (Å²) in [5.41, 5.74) is 0.376. The van der Waals surface area contributed by atoms with E-state index < -0.39 is 11.7 Å². The Bertz CT molecular complexity index is 322. The molecule has 1 heterocycles. The number of hydrogen-bond acceptors (Lipinski definition) is 3. The highest BCUT2D eigenvalue weighted by Crippen LogP contribution is 2.16. The fourth-order valence-corrected chi connectivity index (χ4v) is 0.897. The fraction of sp³-hybridized carbons (Fsp3) is 0.500. The van der Waals surface area contributed by atoms with Crippen molar-refractivity contribution < 1.29 is 13.9 Å². The number of rotatable bonds is 1. The van der Waals surface area contributed by atoms with Gasteiger partial charge < -0.3 is 9.15 Å². The number of nitrogens with one attached hydrogen (secondary N) is 1. The minimum Gasteiger partial charge on any atom is -0.448 e. The van der Waals surface area contributed by atoms with E-state index in [-0.39, 0.29) is 0 Å². The number of amides is 1. The Balaban J connectivity index is 2.54. The molecule has 0 saturated heterocycles. The first-order chi connectivity index (χ1) is 6.38. The van der Waals surface area contributed by atoms with Crippen molar-refractivity contribution in [1.29, 1.82) is 0 Å². The van der Waals surface area contributed by atoms with E-state index in [0.29, 0.717) is 5.88 Å². The molecule has 1 aromatic rings. The molecule has 0 aliphatic carbocycles. The Labute approximate surface area is 83.2 Å². The first-order valence-corrected chi connectivity index (χ1v) is 4.42. The molecule has 0 spiro atoms. The molecule has 14 heavy (non-hydrogen) atoms. The van der Waals surface area contributed by atoms with E-state index in [1.807, 2.05) is 27.7 Å². The lowest BCUT2D eigenvalue weighted by Gasteiger charge is -2.19. The van der Waals surface area contributed by atoms with Crippen LogP contribution in [0.4, 0.5) is 10.7 Å². The van der Waals surface area contributed by atoms with Gasteiger partial charge in [-0.25, -0.2) is 4.79 Å². The lowest BCUT2D eigenvalue weighted by atomic mass is 10.2. The molecular formula is C10H15NO3. The van der Waals surface area contributed by atoms with Crippen molar-refractivity contribution >= 4 is 12.0 Å². The van der Waals surface area contributed by atoms with Gasteiger partial charge in [0.1, 0.15) is 5.60 Å². The third-order valence-electron chi connectivity index (χ3n) is 1.48. The highest BCUT2D eigenvalue weighted by molar-refractivity contribution is 5.83. The van der Waals surface area contributed by atoms with Gasteiger partial charge in [0.25, 0.3) is 0 Å². The zero-order valence-electron chi connectivity index (χ0n) is 8.88. The minimum absolute atomic E-state index is 0.430. The van der Waals surface area contributed by atoms with Crippen LogP contribution in [0.3, 0.4) is 0 Å². The van der Waals surface area contributed by atoms with Crippen LogP contribution < -0.4 is 5.32 Å². The van der Waals surface area contributed by atoms with E-state index in [1.54, 1.807) is 6.07 Å².